The summed E-state index contributed by atoms with van der Waals surface area (Å²) in [6.45, 7) is 0. The van der Waals surface area contributed by atoms with Gasteiger partial charge < -0.3 is 10.2 Å². The second-order valence-electron chi connectivity index (χ2n) is 6.34. The van der Waals surface area contributed by atoms with Gasteiger partial charge in [0.25, 0.3) is 0 Å². The molecule has 2 aromatic rings. The van der Waals surface area contributed by atoms with Crippen LogP contribution >= 0.6 is 0 Å². The Bertz CT molecular complexity index is 665. The molecule has 1 unspecified atom stereocenters. The first kappa shape index (κ1) is 14.4. The van der Waals surface area contributed by atoms with Crippen molar-refractivity contribution in [1.29, 1.82) is 0 Å². The second-order valence-corrected chi connectivity index (χ2v) is 6.34. The molecule has 3 rings (SSSR count). The molecule has 0 saturated heterocycles. The maximum absolute atomic E-state index is 11.5. The van der Waals surface area contributed by atoms with Gasteiger partial charge >= 0.3 is 5.76 Å². The van der Waals surface area contributed by atoms with Gasteiger partial charge in [-0.1, -0.05) is 38.2 Å². The highest BCUT2D eigenvalue weighted by atomic mass is 16.4. The molecule has 2 N–H and O–H groups in total. The van der Waals surface area contributed by atoms with E-state index in [2.05, 4.69) is 0 Å². The zero-order chi connectivity index (χ0) is 14.8. The van der Waals surface area contributed by atoms with Crippen LogP contribution in [0.25, 0.3) is 11.1 Å². The van der Waals surface area contributed by atoms with Gasteiger partial charge in [-0.05, 0) is 36.5 Å². The lowest BCUT2D eigenvalue weighted by Crippen LogP contribution is -2.14. The van der Waals surface area contributed by atoms with E-state index in [-0.39, 0.29) is 11.8 Å². The van der Waals surface area contributed by atoms with Crippen molar-refractivity contribution in [1.82, 2.24) is 4.57 Å². The Morgan fingerprint density at radius 2 is 2.10 bits per heavy atom. The van der Waals surface area contributed by atoms with Gasteiger partial charge in [0.2, 0.25) is 0 Å². The van der Waals surface area contributed by atoms with Crippen molar-refractivity contribution >= 4 is 11.1 Å². The first-order chi connectivity index (χ1) is 10.1. The molecule has 0 spiro atoms. The van der Waals surface area contributed by atoms with Gasteiger partial charge in [-0.2, -0.15) is 0 Å². The van der Waals surface area contributed by atoms with Crippen LogP contribution in [0.15, 0.2) is 27.4 Å². The van der Waals surface area contributed by atoms with Crippen molar-refractivity contribution < 1.29 is 4.42 Å². The molecule has 0 radical (unpaired) electrons. The molecule has 1 heterocycles. The highest BCUT2D eigenvalue weighted by molar-refractivity contribution is 5.73. The first-order valence-electron chi connectivity index (χ1n) is 8.00. The Morgan fingerprint density at radius 1 is 1.33 bits per heavy atom. The SMILES string of the molecule is Cn1c(=O)oc2cc(C(N)CCC3CCCCC3)ccc21. The van der Waals surface area contributed by atoms with Crippen LogP contribution in [0.5, 0.6) is 0 Å². The van der Waals surface area contributed by atoms with Gasteiger partial charge in [0.1, 0.15) is 0 Å². The molecule has 0 amide bonds. The Hall–Kier alpha value is -1.55. The number of nitrogens with two attached hydrogens (primary N) is 1. The molecule has 114 valence electrons. The zero-order valence-corrected chi connectivity index (χ0v) is 12.7. The van der Waals surface area contributed by atoms with E-state index in [0.29, 0.717) is 5.58 Å². The molecule has 21 heavy (non-hydrogen) atoms. The fourth-order valence-electron chi connectivity index (χ4n) is 3.44. The molecule has 4 heteroatoms. The van der Waals surface area contributed by atoms with E-state index in [9.17, 15) is 4.79 Å². The van der Waals surface area contributed by atoms with E-state index in [4.69, 9.17) is 10.2 Å². The maximum atomic E-state index is 11.5. The number of nitrogens with zero attached hydrogens (tertiary/aromatic N) is 1. The molecule has 0 bridgehead atoms. The third-order valence-electron chi connectivity index (χ3n) is 4.86. The highest BCUT2D eigenvalue weighted by Gasteiger charge is 2.16. The van der Waals surface area contributed by atoms with Crippen LogP contribution in [-0.4, -0.2) is 4.57 Å². The summed E-state index contributed by atoms with van der Waals surface area (Å²) in [5.74, 6) is 0.529. The fraction of sp³-hybridized carbons (Fsp3) is 0.588. The molecule has 1 saturated carbocycles. The van der Waals surface area contributed by atoms with Crippen molar-refractivity contribution in [2.75, 3.05) is 0 Å². The minimum absolute atomic E-state index is 0.0295. The topological polar surface area (TPSA) is 61.2 Å². The van der Waals surface area contributed by atoms with Crippen LogP contribution < -0.4 is 11.5 Å². The third kappa shape index (κ3) is 3.05. The third-order valence-corrected chi connectivity index (χ3v) is 4.86. The number of aromatic nitrogens is 1. The summed E-state index contributed by atoms with van der Waals surface area (Å²) in [6, 6.07) is 5.89. The molecule has 1 aliphatic rings. The predicted octanol–water partition coefficient (Wildman–Crippen LogP) is 3.49. The fourth-order valence-corrected chi connectivity index (χ4v) is 3.44. The van der Waals surface area contributed by atoms with Gasteiger partial charge in [-0.25, -0.2) is 4.79 Å². The van der Waals surface area contributed by atoms with Crippen molar-refractivity contribution in [3.05, 3.63) is 34.3 Å². The molecule has 1 aromatic carbocycles. The number of aryl methyl sites for hydroxylation is 1. The zero-order valence-electron chi connectivity index (χ0n) is 12.7. The summed E-state index contributed by atoms with van der Waals surface area (Å²) >= 11 is 0. The summed E-state index contributed by atoms with van der Waals surface area (Å²) < 4.78 is 6.76. The molecule has 0 aliphatic heterocycles. The van der Waals surface area contributed by atoms with Gasteiger partial charge in [-0.3, -0.25) is 4.57 Å². The van der Waals surface area contributed by atoms with E-state index < -0.39 is 0 Å². The largest absolute Gasteiger partial charge is 0.419 e. The number of fused-ring (bicyclic) bond motifs is 1. The van der Waals surface area contributed by atoms with Gasteiger partial charge in [0.05, 0.1) is 5.52 Å². The molecule has 1 aliphatic carbocycles. The minimum atomic E-state index is -0.321. The Morgan fingerprint density at radius 3 is 2.86 bits per heavy atom. The predicted molar refractivity (Wildman–Crippen MR) is 84.2 cm³/mol. The van der Waals surface area contributed by atoms with Crippen LogP contribution in [0.3, 0.4) is 0 Å². The smallest absolute Gasteiger partial charge is 0.408 e. The number of oxazole rings is 1. The van der Waals surface area contributed by atoms with Crippen LogP contribution in [0.2, 0.25) is 0 Å². The lowest BCUT2D eigenvalue weighted by atomic mass is 9.84. The molecular formula is C17H24N2O2. The average molecular weight is 288 g/mol. The Kier molecular flexibility index (Phi) is 4.15. The second kappa shape index (κ2) is 6.06. The van der Waals surface area contributed by atoms with Crippen LogP contribution in [0.4, 0.5) is 0 Å². The van der Waals surface area contributed by atoms with Crippen molar-refractivity contribution in [3.63, 3.8) is 0 Å². The number of benzene rings is 1. The van der Waals surface area contributed by atoms with Crippen molar-refractivity contribution in [3.8, 4) is 0 Å². The summed E-state index contributed by atoms with van der Waals surface area (Å²) in [5, 5.41) is 0. The minimum Gasteiger partial charge on any atom is -0.408 e. The Balaban J connectivity index is 1.69. The van der Waals surface area contributed by atoms with Gasteiger partial charge in [0.15, 0.2) is 5.58 Å². The van der Waals surface area contributed by atoms with E-state index in [0.717, 1.165) is 23.4 Å². The number of rotatable bonds is 4. The quantitative estimate of drug-likeness (QED) is 0.936. The lowest BCUT2D eigenvalue weighted by Gasteiger charge is -2.23. The standard InChI is InChI=1S/C17H24N2O2/c1-19-15-10-8-13(11-16(15)21-17(19)20)14(18)9-7-12-5-3-2-4-6-12/h8,10-12,14H,2-7,9,18H2,1H3. The number of hydrogen-bond acceptors (Lipinski definition) is 3. The molecular weight excluding hydrogens is 264 g/mol. The normalized spacial score (nSPS) is 18.2. The molecule has 4 nitrogen and oxygen atoms in total. The summed E-state index contributed by atoms with van der Waals surface area (Å²) in [7, 11) is 1.72. The van der Waals surface area contributed by atoms with Gasteiger partial charge in [0, 0.05) is 13.1 Å². The maximum Gasteiger partial charge on any atom is 0.419 e. The van der Waals surface area contributed by atoms with E-state index in [1.54, 1.807) is 7.05 Å². The van der Waals surface area contributed by atoms with E-state index >= 15 is 0 Å². The van der Waals surface area contributed by atoms with E-state index in [1.807, 2.05) is 18.2 Å². The van der Waals surface area contributed by atoms with Gasteiger partial charge in [-0.15, -0.1) is 0 Å². The van der Waals surface area contributed by atoms with Crippen molar-refractivity contribution in [2.24, 2.45) is 18.7 Å². The number of hydrogen-bond donors (Lipinski definition) is 1. The molecule has 1 fully saturated rings. The summed E-state index contributed by atoms with van der Waals surface area (Å²) in [4.78, 5) is 11.5. The summed E-state index contributed by atoms with van der Waals surface area (Å²) in [5.41, 5.74) is 8.84. The highest BCUT2D eigenvalue weighted by Crippen LogP contribution is 2.30. The summed E-state index contributed by atoms with van der Waals surface area (Å²) in [6.07, 6.45) is 9.08. The van der Waals surface area contributed by atoms with Crippen LogP contribution in [0, 0.1) is 5.92 Å². The van der Waals surface area contributed by atoms with Crippen LogP contribution in [0.1, 0.15) is 56.6 Å². The monoisotopic (exact) mass is 288 g/mol. The molecule has 1 atom stereocenters. The van der Waals surface area contributed by atoms with Crippen LogP contribution in [-0.2, 0) is 7.05 Å². The average Bonchev–Trinajstić information content (AvgIpc) is 2.80. The first-order valence-corrected chi connectivity index (χ1v) is 8.00. The Labute approximate surface area is 124 Å². The lowest BCUT2D eigenvalue weighted by molar-refractivity contribution is 0.324. The van der Waals surface area contributed by atoms with Crippen molar-refractivity contribution in [2.45, 2.75) is 51.0 Å². The van der Waals surface area contributed by atoms with E-state index in [1.165, 1.54) is 43.1 Å². The molecule has 1 aromatic heterocycles.